The number of thioether (sulfide) groups is 1. The van der Waals surface area contributed by atoms with Gasteiger partial charge in [-0.1, -0.05) is 68.1 Å². The minimum atomic E-state index is -0.280. The Hall–Kier alpha value is -2.60. The maximum atomic E-state index is 12.6. The van der Waals surface area contributed by atoms with Gasteiger partial charge in [-0.3, -0.25) is 4.79 Å². The van der Waals surface area contributed by atoms with Gasteiger partial charge in [0.05, 0.1) is 5.25 Å². The maximum Gasteiger partial charge on any atom is 0.237 e. The summed E-state index contributed by atoms with van der Waals surface area (Å²) >= 11 is 1.41. The van der Waals surface area contributed by atoms with Gasteiger partial charge in [0.15, 0.2) is 5.16 Å². The Kier molecular flexibility index (Phi) is 6.52. The number of carbonyl (C=O) groups excluding carboxylic acids is 1. The van der Waals surface area contributed by atoms with Crippen molar-refractivity contribution in [1.82, 2.24) is 14.8 Å². The molecule has 146 valence electrons. The van der Waals surface area contributed by atoms with Gasteiger partial charge in [-0.25, -0.2) is 0 Å². The highest BCUT2D eigenvalue weighted by atomic mass is 32.2. The molecule has 0 aliphatic rings. The first-order chi connectivity index (χ1) is 13.4. The monoisotopic (exact) mass is 394 g/mol. The van der Waals surface area contributed by atoms with Crippen LogP contribution < -0.4 is 5.32 Å². The van der Waals surface area contributed by atoms with Crippen LogP contribution in [-0.2, 0) is 18.3 Å². The highest BCUT2D eigenvalue weighted by Crippen LogP contribution is 2.24. The molecule has 1 N–H and O–H groups in total. The van der Waals surface area contributed by atoms with Gasteiger partial charge < -0.3 is 9.88 Å². The predicted octanol–water partition coefficient (Wildman–Crippen LogP) is 4.65. The molecule has 1 amide bonds. The Balaban J connectivity index is 1.61. The molecular formula is C22H26N4OS. The highest BCUT2D eigenvalue weighted by molar-refractivity contribution is 8.00. The Morgan fingerprint density at radius 2 is 1.71 bits per heavy atom. The fraction of sp³-hybridized carbons (Fsp3) is 0.318. The summed E-state index contributed by atoms with van der Waals surface area (Å²) in [6.45, 7) is 6.19. The number of amides is 1. The second-order valence-corrected chi connectivity index (χ2v) is 8.45. The second-order valence-electron chi connectivity index (χ2n) is 7.15. The van der Waals surface area contributed by atoms with E-state index < -0.39 is 0 Å². The summed E-state index contributed by atoms with van der Waals surface area (Å²) < 4.78 is 1.96. The van der Waals surface area contributed by atoms with Crippen LogP contribution in [0.15, 0.2) is 59.8 Å². The molecule has 6 heteroatoms. The Labute approximate surface area is 170 Å². The summed E-state index contributed by atoms with van der Waals surface area (Å²) in [7, 11) is 1.94. The summed E-state index contributed by atoms with van der Waals surface area (Å²) in [5.41, 5.74) is 3.25. The van der Waals surface area contributed by atoms with E-state index in [2.05, 4.69) is 53.6 Å². The fourth-order valence-electron chi connectivity index (χ4n) is 2.79. The standard InChI is InChI=1S/C22H26N4OS/c1-15(2)18-10-12-19(13-11-18)23-21(27)16(3)28-22-25-24-20(26(22)4)14-17-8-6-5-7-9-17/h5-13,15-16H,14H2,1-4H3,(H,23,27)/t16-/m0/s1. The molecule has 0 aliphatic carbocycles. The van der Waals surface area contributed by atoms with E-state index >= 15 is 0 Å². The molecule has 3 aromatic rings. The minimum Gasteiger partial charge on any atom is -0.325 e. The SMILES string of the molecule is CC(C)c1ccc(NC(=O)[C@H](C)Sc2nnc(Cc3ccccc3)n2C)cc1. The van der Waals surface area contributed by atoms with Gasteiger partial charge in [0.2, 0.25) is 5.91 Å². The lowest BCUT2D eigenvalue weighted by molar-refractivity contribution is -0.115. The molecule has 0 saturated carbocycles. The van der Waals surface area contributed by atoms with Crippen LogP contribution in [0, 0.1) is 0 Å². The third-order valence-electron chi connectivity index (χ3n) is 4.63. The summed E-state index contributed by atoms with van der Waals surface area (Å²) in [6.07, 6.45) is 0.716. The van der Waals surface area contributed by atoms with Crippen molar-refractivity contribution in [2.45, 2.75) is 43.5 Å². The van der Waals surface area contributed by atoms with Crippen molar-refractivity contribution in [2.24, 2.45) is 7.05 Å². The molecule has 0 bridgehead atoms. The van der Waals surface area contributed by atoms with Crippen molar-refractivity contribution >= 4 is 23.4 Å². The molecule has 28 heavy (non-hydrogen) atoms. The number of benzene rings is 2. The van der Waals surface area contributed by atoms with Crippen LogP contribution in [0.3, 0.4) is 0 Å². The first-order valence-corrected chi connectivity index (χ1v) is 10.3. The number of hydrogen-bond donors (Lipinski definition) is 1. The zero-order chi connectivity index (χ0) is 20.1. The van der Waals surface area contributed by atoms with Crippen LogP contribution in [0.2, 0.25) is 0 Å². The van der Waals surface area contributed by atoms with Crippen LogP contribution in [0.5, 0.6) is 0 Å². The first-order valence-electron chi connectivity index (χ1n) is 9.43. The summed E-state index contributed by atoms with van der Waals surface area (Å²) in [5, 5.41) is 12.0. The predicted molar refractivity (Wildman–Crippen MR) is 115 cm³/mol. The van der Waals surface area contributed by atoms with Crippen molar-refractivity contribution in [2.75, 3.05) is 5.32 Å². The topological polar surface area (TPSA) is 59.8 Å². The van der Waals surface area contributed by atoms with E-state index in [4.69, 9.17) is 0 Å². The van der Waals surface area contributed by atoms with Gasteiger partial charge in [0.1, 0.15) is 5.82 Å². The molecule has 0 saturated heterocycles. The van der Waals surface area contributed by atoms with Crippen LogP contribution >= 0.6 is 11.8 Å². The van der Waals surface area contributed by atoms with Crippen molar-refractivity contribution < 1.29 is 4.79 Å². The van der Waals surface area contributed by atoms with Crippen LogP contribution in [-0.4, -0.2) is 25.9 Å². The van der Waals surface area contributed by atoms with Crippen molar-refractivity contribution in [1.29, 1.82) is 0 Å². The van der Waals surface area contributed by atoms with Gasteiger partial charge in [-0.2, -0.15) is 0 Å². The van der Waals surface area contributed by atoms with Crippen LogP contribution in [0.1, 0.15) is 43.6 Å². The largest absolute Gasteiger partial charge is 0.325 e. The van der Waals surface area contributed by atoms with E-state index in [1.807, 2.05) is 48.9 Å². The molecule has 1 atom stereocenters. The van der Waals surface area contributed by atoms with E-state index in [0.29, 0.717) is 12.3 Å². The quantitative estimate of drug-likeness (QED) is 0.593. The molecule has 2 aromatic carbocycles. The van der Waals surface area contributed by atoms with E-state index in [1.54, 1.807) is 0 Å². The third kappa shape index (κ3) is 5.01. The first kappa shape index (κ1) is 20.1. The van der Waals surface area contributed by atoms with E-state index in [9.17, 15) is 4.79 Å². The number of rotatable bonds is 7. The summed E-state index contributed by atoms with van der Waals surface area (Å²) in [6, 6.07) is 18.2. The molecule has 5 nitrogen and oxygen atoms in total. The molecular weight excluding hydrogens is 368 g/mol. The van der Waals surface area contributed by atoms with Gasteiger partial charge in [-0.15, -0.1) is 10.2 Å². The molecule has 0 fully saturated rings. The normalized spacial score (nSPS) is 12.2. The number of carbonyl (C=O) groups is 1. The lowest BCUT2D eigenvalue weighted by Crippen LogP contribution is -2.22. The Morgan fingerprint density at radius 3 is 2.36 bits per heavy atom. The molecule has 1 aromatic heterocycles. The van der Waals surface area contributed by atoms with Gasteiger partial charge >= 0.3 is 0 Å². The van der Waals surface area contributed by atoms with Gasteiger partial charge in [0, 0.05) is 19.2 Å². The molecule has 0 radical (unpaired) electrons. The maximum absolute atomic E-state index is 12.6. The highest BCUT2D eigenvalue weighted by Gasteiger charge is 2.19. The third-order valence-corrected chi connectivity index (χ3v) is 5.76. The van der Waals surface area contributed by atoms with Gasteiger partial charge in [0.25, 0.3) is 0 Å². The zero-order valence-electron chi connectivity index (χ0n) is 16.7. The average molecular weight is 395 g/mol. The lowest BCUT2D eigenvalue weighted by Gasteiger charge is -2.12. The molecule has 0 aliphatic heterocycles. The smallest absolute Gasteiger partial charge is 0.237 e. The van der Waals surface area contributed by atoms with Crippen molar-refractivity contribution in [3.8, 4) is 0 Å². The van der Waals surface area contributed by atoms with Gasteiger partial charge in [-0.05, 0) is 36.1 Å². The lowest BCUT2D eigenvalue weighted by atomic mass is 10.0. The summed E-state index contributed by atoms with van der Waals surface area (Å²) in [4.78, 5) is 12.6. The number of aromatic nitrogens is 3. The van der Waals surface area contributed by atoms with Crippen molar-refractivity contribution in [3.05, 3.63) is 71.5 Å². The van der Waals surface area contributed by atoms with E-state index in [0.717, 1.165) is 16.7 Å². The van der Waals surface area contributed by atoms with E-state index in [-0.39, 0.29) is 11.2 Å². The number of nitrogens with one attached hydrogen (secondary N) is 1. The average Bonchev–Trinajstić information content (AvgIpc) is 3.02. The summed E-state index contributed by atoms with van der Waals surface area (Å²) in [5.74, 6) is 1.31. The second kappa shape index (κ2) is 9.06. The Bertz CT molecular complexity index is 919. The molecule has 1 heterocycles. The van der Waals surface area contributed by atoms with Crippen LogP contribution in [0.25, 0.3) is 0 Å². The Morgan fingerprint density at radius 1 is 1.04 bits per heavy atom. The molecule has 3 rings (SSSR count). The van der Waals surface area contributed by atoms with E-state index in [1.165, 1.54) is 22.9 Å². The number of hydrogen-bond acceptors (Lipinski definition) is 4. The number of nitrogens with zero attached hydrogens (tertiary/aromatic N) is 3. The zero-order valence-corrected chi connectivity index (χ0v) is 17.5. The minimum absolute atomic E-state index is 0.0464. The van der Waals surface area contributed by atoms with Crippen LogP contribution in [0.4, 0.5) is 5.69 Å². The molecule has 0 unspecified atom stereocenters. The van der Waals surface area contributed by atoms with Crippen molar-refractivity contribution in [3.63, 3.8) is 0 Å². The number of anilines is 1. The molecule has 0 spiro atoms. The fourth-order valence-corrected chi connectivity index (χ4v) is 3.62.